The number of rotatable bonds is 0. The van der Waals surface area contributed by atoms with Gasteiger partial charge in [0.25, 0.3) is 0 Å². The van der Waals surface area contributed by atoms with E-state index in [1.165, 1.54) is 5.56 Å². The summed E-state index contributed by atoms with van der Waals surface area (Å²) in [6.45, 7) is 0. The van der Waals surface area contributed by atoms with Gasteiger partial charge in [0.2, 0.25) is 0 Å². The Morgan fingerprint density at radius 1 is 1.36 bits per heavy atom. The van der Waals surface area contributed by atoms with Crippen molar-refractivity contribution in [1.29, 1.82) is 0 Å². The molecule has 11 heavy (non-hydrogen) atoms. The first-order valence-electron chi connectivity index (χ1n) is 3.79. The van der Waals surface area contributed by atoms with Gasteiger partial charge in [0.15, 0.2) is 0 Å². The molecule has 1 aliphatic rings. The third-order valence-electron chi connectivity index (χ3n) is 1.90. The van der Waals surface area contributed by atoms with Gasteiger partial charge in [-0.2, -0.15) is 0 Å². The van der Waals surface area contributed by atoms with Crippen molar-refractivity contribution in [2.24, 2.45) is 0 Å². The summed E-state index contributed by atoms with van der Waals surface area (Å²) in [6.07, 6.45) is 1.62. The number of hydrogen-bond donors (Lipinski definition) is 1. The van der Waals surface area contributed by atoms with Crippen molar-refractivity contribution in [3.05, 3.63) is 29.8 Å². The third-order valence-corrected chi connectivity index (χ3v) is 1.90. The van der Waals surface area contributed by atoms with Crippen LogP contribution in [0.15, 0.2) is 24.3 Å². The molecule has 2 nitrogen and oxygen atoms in total. The molecule has 56 valence electrons. The van der Waals surface area contributed by atoms with Crippen LogP contribution in [0.2, 0.25) is 6.32 Å². The molecule has 1 aliphatic heterocycles. The van der Waals surface area contributed by atoms with Crippen LogP contribution in [0, 0.1) is 0 Å². The predicted molar refractivity (Wildman–Crippen MR) is 43.6 cm³/mol. The molecular weight excluding hydrogens is 139 g/mol. The van der Waals surface area contributed by atoms with Gasteiger partial charge in [-0.05, 0) is 24.4 Å². The maximum absolute atomic E-state index is 9.13. The molecule has 1 heterocycles. The minimum absolute atomic E-state index is 0.607. The maximum atomic E-state index is 9.13. The monoisotopic (exact) mass is 148 g/mol. The van der Waals surface area contributed by atoms with Crippen molar-refractivity contribution in [3.63, 3.8) is 0 Å². The van der Waals surface area contributed by atoms with Crippen molar-refractivity contribution in [2.45, 2.75) is 12.7 Å². The zero-order valence-corrected chi connectivity index (χ0v) is 6.16. The molecule has 0 atom stereocenters. The molecule has 1 N–H and O–H groups in total. The number of aryl methyl sites for hydroxylation is 1. The van der Waals surface area contributed by atoms with Gasteiger partial charge in [0.05, 0.1) is 0 Å². The van der Waals surface area contributed by atoms with Gasteiger partial charge in [-0.3, -0.25) is 0 Å². The lowest BCUT2D eigenvalue weighted by Crippen LogP contribution is -2.26. The molecule has 0 saturated carbocycles. The molecule has 1 aromatic carbocycles. The number of para-hydroxylation sites is 1. The first-order valence-corrected chi connectivity index (χ1v) is 3.79. The Labute approximate surface area is 66.0 Å². The molecule has 0 saturated heterocycles. The van der Waals surface area contributed by atoms with Crippen molar-refractivity contribution >= 4 is 7.12 Å². The fourth-order valence-electron chi connectivity index (χ4n) is 1.31. The Morgan fingerprint density at radius 3 is 3.09 bits per heavy atom. The molecule has 1 aromatic rings. The van der Waals surface area contributed by atoms with Gasteiger partial charge in [0, 0.05) is 0 Å². The quantitative estimate of drug-likeness (QED) is 0.558. The lowest BCUT2D eigenvalue weighted by Gasteiger charge is -2.18. The lowest BCUT2D eigenvalue weighted by molar-refractivity contribution is 0.399. The first kappa shape index (κ1) is 6.74. The molecule has 0 aliphatic carbocycles. The summed E-state index contributed by atoms with van der Waals surface area (Å²) in [5.41, 5.74) is 1.19. The standard InChI is InChI=1S/C8H9BO2/c10-9-6-5-7-3-1-2-4-8(7)11-9/h1-4,10H,5-6H2. The van der Waals surface area contributed by atoms with Gasteiger partial charge in [0.1, 0.15) is 5.75 Å². The molecule has 0 spiro atoms. The summed E-state index contributed by atoms with van der Waals surface area (Å²) < 4.78 is 5.19. The van der Waals surface area contributed by atoms with Crippen molar-refractivity contribution in [1.82, 2.24) is 0 Å². The average molecular weight is 148 g/mol. The molecule has 0 fully saturated rings. The van der Waals surface area contributed by atoms with E-state index in [9.17, 15) is 0 Å². The van der Waals surface area contributed by atoms with E-state index in [1.807, 2.05) is 24.3 Å². The molecule has 0 unspecified atom stereocenters. The van der Waals surface area contributed by atoms with E-state index in [-0.39, 0.29) is 0 Å². The molecule has 0 aromatic heterocycles. The van der Waals surface area contributed by atoms with Crippen LogP contribution in [0.25, 0.3) is 0 Å². The average Bonchev–Trinajstić information content (AvgIpc) is 2.04. The lowest BCUT2D eigenvalue weighted by atomic mass is 9.79. The minimum atomic E-state index is -0.607. The Kier molecular flexibility index (Phi) is 1.58. The molecule has 2 rings (SSSR count). The first-order chi connectivity index (χ1) is 5.36. The second-order valence-corrected chi connectivity index (χ2v) is 2.72. The van der Waals surface area contributed by atoms with Crippen LogP contribution in [0.4, 0.5) is 0 Å². The molecular formula is C8H9BO2. The normalized spacial score (nSPS) is 15.5. The highest BCUT2D eigenvalue weighted by Gasteiger charge is 2.22. The van der Waals surface area contributed by atoms with Crippen LogP contribution in [0.3, 0.4) is 0 Å². The summed E-state index contributed by atoms with van der Waals surface area (Å²) in [4.78, 5) is 0. The van der Waals surface area contributed by atoms with E-state index in [0.717, 1.165) is 12.2 Å². The van der Waals surface area contributed by atoms with Crippen LogP contribution in [-0.2, 0) is 6.42 Å². The molecule has 0 bridgehead atoms. The van der Waals surface area contributed by atoms with Gasteiger partial charge < -0.3 is 9.68 Å². The molecule has 3 heteroatoms. The maximum Gasteiger partial charge on any atom is 0.522 e. The topological polar surface area (TPSA) is 29.5 Å². The van der Waals surface area contributed by atoms with Gasteiger partial charge in [-0.1, -0.05) is 18.2 Å². The molecule has 0 amide bonds. The van der Waals surface area contributed by atoms with E-state index >= 15 is 0 Å². The van der Waals surface area contributed by atoms with Crippen LogP contribution < -0.4 is 4.65 Å². The Balaban J connectivity index is 2.34. The van der Waals surface area contributed by atoms with E-state index < -0.39 is 7.12 Å². The Hall–Kier alpha value is -0.955. The summed E-state index contributed by atoms with van der Waals surface area (Å²) in [5, 5.41) is 9.13. The van der Waals surface area contributed by atoms with Gasteiger partial charge in [-0.15, -0.1) is 0 Å². The highest BCUT2D eigenvalue weighted by atomic mass is 16.5. The fourth-order valence-corrected chi connectivity index (χ4v) is 1.31. The fraction of sp³-hybridized carbons (Fsp3) is 0.250. The van der Waals surface area contributed by atoms with E-state index in [1.54, 1.807) is 0 Å². The number of benzene rings is 1. The highest BCUT2D eigenvalue weighted by molar-refractivity contribution is 6.44. The minimum Gasteiger partial charge on any atom is -0.536 e. The smallest absolute Gasteiger partial charge is 0.522 e. The van der Waals surface area contributed by atoms with Crippen molar-refractivity contribution in [2.75, 3.05) is 0 Å². The largest absolute Gasteiger partial charge is 0.536 e. The van der Waals surface area contributed by atoms with Crippen LogP contribution in [0.5, 0.6) is 5.75 Å². The van der Waals surface area contributed by atoms with E-state index in [4.69, 9.17) is 9.68 Å². The third kappa shape index (κ3) is 1.24. The van der Waals surface area contributed by atoms with Crippen molar-refractivity contribution in [3.8, 4) is 5.75 Å². The van der Waals surface area contributed by atoms with Crippen LogP contribution in [0.1, 0.15) is 5.56 Å². The van der Waals surface area contributed by atoms with Crippen LogP contribution in [-0.4, -0.2) is 12.1 Å². The predicted octanol–water partition coefficient (Wildman–Crippen LogP) is 1.10. The SMILES string of the molecule is OB1CCc2ccccc2O1. The van der Waals surface area contributed by atoms with Gasteiger partial charge >= 0.3 is 7.12 Å². The number of hydrogen-bond acceptors (Lipinski definition) is 2. The molecule has 0 radical (unpaired) electrons. The second kappa shape index (κ2) is 2.59. The zero-order valence-electron chi connectivity index (χ0n) is 6.16. The summed E-state index contributed by atoms with van der Waals surface area (Å²) >= 11 is 0. The van der Waals surface area contributed by atoms with E-state index in [2.05, 4.69) is 0 Å². The summed E-state index contributed by atoms with van der Waals surface area (Å²) in [5.74, 6) is 0.825. The number of fused-ring (bicyclic) bond motifs is 1. The summed E-state index contributed by atoms with van der Waals surface area (Å²) in [6, 6.07) is 7.82. The second-order valence-electron chi connectivity index (χ2n) is 2.72. The zero-order chi connectivity index (χ0) is 7.68. The van der Waals surface area contributed by atoms with Crippen molar-refractivity contribution < 1.29 is 9.68 Å². The van der Waals surface area contributed by atoms with Crippen LogP contribution >= 0.6 is 0 Å². The summed E-state index contributed by atoms with van der Waals surface area (Å²) in [7, 11) is -0.607. The highest BCUT2D eigenvalue weighted by Crippen LogP contribution is 2.24. The van der Waals surface area contributed by atoms with E-state index in [0.29, 0.717) is 6.32 Å². The Morgan fingerprint density at radius 2 is 2.18 bits per heavy atom. The Bertz CT molecular complexity index is 262. The van der Waals surface area contributed by atoms with Gasteiger partial charge in [-0.25, -0.2) is 0 Å².